The van der Waals surface area contributed by atoms with Gasteiger partial charge in [0.2, 0.25) is 0 Å². The van der Waals surface area contributed by atoms with E-state index in [4.69, 9.17) is 14.5 Å². The maximum Gasteiger partial charge on any atom is 0.259 e. The molecule has 5 rings (SSSR count). The van der Waals surface area contributed by atoms with E-state index in [-0.39, 0.29) is 11.8 Å². The minimum atomic E-state index is -0.304. The third kappa shape index (κ3) is 5.04. The van der Waals surface area contributed by atoms with Gasteiger partial charge in [0.05, 0.1) is 36.7 Å². The van der Waals surface area contributed by atoms with Gasteiger partial charge in [-0.15, -0.1) is 0 Å². The molecule has 1 aromatic heterocycles. The van der Waals surface area contributed by atoms with Crippen LogP contribution in [-0.2, 0) is 0 Å². The Bertz CT molecular complexity index is 1450. The van der Waals surface area contributed by atoms with Crippen molar-refractivity contribution in [2.45, 2.75) is 12.8 Å². The molecule has 0 unspecified atom stereocenters. The molecule has 2 N–H and O–H groups in total. The molecule has 8 nitrogen and oxygen atoms in total. The van der Waals surface area contributed by atoms with Gasteiger partial charge >= 0.3 is 0 Å². The van der Waals surface area contributed by atoms with E-state index in [0.717, 1.165) is 36.8 Å². The number of para-hydroxylation sites is 1. The van der Waals surface area contributed by atoms with E-state index in [0.29, 0.717) is 39.8 Å². The van der Waals surface area contributed by atoms with Gasteiger partial charge in [0.1, 0.15) is 17.3 Å². The molecule has 1 aliphatic rings. The molecule has 188 valence electrons. The number of pyridine rings is 1. The summed E-state index contributed by atoms with van der Waals surface area (Å²) in [5.41, 5.74) is 2.69. The van der Waals surface area contributed by atoms with Crippen LogP contribution < -0.4 is 25.0 Å². The van der Waals surface area contributed by atoms with Gasteiger partial charge < -0.3 is 25.0 Å². The van der Waals surface area contributed by atoms with Gasteiger partial charge in [-0.1, -0.05) is 36.4 Å². The van der Waals surface area contributed by atoms with Crippen molar-refractivity contribution in [3.8, 4) is 11.5 Å². The quantitative estimate of drug-likeness (QED) is 0.358. The largest absolute Gasteiger partial charge is 0.494 e. The zero-order chi connectivity index (χ0) is 25.8. The summed E-state index contributed by atoms with van der Waals surface area (Å²) in [6.45, 7) is 1.72. The Balaban J connectivity index is 1.47. The molecule has 2 heterocycles. The van der Waals surface area contributed by atoms with Crippen molar-refractivity contribution in [2.24, 2.45) is 0 Å². The fourth-order valence-corrected chi connectivity index (χ4v) is 4.51. The molecule has 0 saturated carbocycles. The molecule has 2 amide bonds. The Morgan fingerprint density at radius 1 is 0.784 bits per heavy atom. The number of fused-ring (bicyclic) bond motifs is 1. The Hall–Kier alpha value is -4.59. The molecule has 0 radical (unpaired) electrons. The summed E-state index contributed by atoms with van der Waals surface area (Å²) in [5.74, 6) is 0.856. The normalized spacial score (nSPS) is 12.9. The highest BCUT2D eigenvalue weighted by Crippen LogP contribution is 2.37. The van der Waals surface area contributed by atoms with Crippen molar-refractivity contribution in [1.82, 2.24) is 4.98 Å². The molecule has 8 heteroatoms. The number of hydrogen-bond donors (Lipinski definition) is 2. The molecule has 4 aromatic rings. The number of ether oxygens (including phenoxy) is 2. The molecule has 1 saturated heterocycles. The Labute approximate surface area is 215 Å². The van der Waals surface area contributed by atoms with E-state index < -0.39 is 0 Å². The van der Waals surface area contributed by atoms with E-state index in [1.54, 1.807) is 36.4 Å². The highest BCUT2D eigenvalue weighted by Gasteiger charge is 2.24. The van der Waals surface area contributed by atoms with E-state index in [2.05, 4.69) is 15.5 Å². The molecular formula is C29H28N4O4. The first-order chi connectivity index (χ1) is 18.1. The van der Waals surface area contributed by atoms with Crippen LogP contribution in [0, 0.1) is 0 Å². The molecule has 1 fully saturated rings. The minimum Gasteiger partial charge on any atom is -0.494 e. The average molecular weight is 497 g/mol. The van der Waals surface area contributed by atoms with Gasteiger partial charge in [-0.3, -0.25) is 9.59 Å². The first-order valence-corrected chi connectivity index (χ1v) is 12.2. The first kappa shape index (κ1) is 24.1. The summed E-state index contributed by atoms with van der Waals surface area (Å²) in [6.07, 6.45) is 2.13. The van der Waals surface area contributed by atoms with E-state index in [1.807, 2.05) is 36.4 Å². The number of methoxy groups -OCH3 is 2. The highest BCUT2D eigenvalue weighted by molar-refractivity contribution is 6.11. The molecule has 0 spiro atoms. The van der Waals surface area contributed by atoms with Crippen LogP contribution in [0.3, 0.4) is 0 Å². The summed E-state index contributed by atoms with van der Waals surface area (Å²) < 4.78 is 11.1. The lowest BCUT2D eigenvalue weighted by Crippen LogP contribution is -2.24. The third-order valence-corrected chi connectivity index (χ3v) is 6.41. The average Bonchev–Trinajstić information content (AvgIpc) is 3.48. The van der Waals surface area contributed by atoms with Crippen LogP contribution in [0.2, 0.25) is 0 Å². The minimum absolute atomic E-state index is 0.282. The lowest BCUT2D eigenvalue weighted by Gasteiger charge is -2.21. The van der Waals surface area contributed by atoms with Crippen molar-refractivity contribution in [3.05, 3.63) is 83.9 Å². The lowest BCUT2D eigenvalue weighted by atomic mass is 10.1. The Morgan fingerprint density at radius 2 is 1.38 bits per heavy atom. The topological polar surface area (TPSA) is 92.8 Å². The van der Waals surface area contributed by atoms with Crippen molar-refractivity contribution in [1.29, 1.82) is 0 Å². The fraction of sp³-hybridized carbons (Fsp3) is 0.207. The molecule has 1 aliphatic heterocycles. The summed E-state index contributed by atoms with van der Waals surface area (Å²) in [5, 5.41) is 6.72. The number of aromatic nitrogens is 1. The maximum atomic E-state index is 13.6. The van der Waals surface area contributed by atoms with Gasteiger partial charge in [0.25, 0.3) is 11.8 Å². The van der Waals surface area contributed by atoms with Gasteiger partial charge in [0.15, 0.2) is 0 Å². The third-order valence-electron chi connectivity index (χ3n) is 6.41. The van der Waals surface area contributed by atoms with Crippen molar-refractivity contribution in [3.63, 3.8) is 0 Å². The first-order valence-electron chi connectivity index (χ1n) is 12.2. The predicted octanol–water partition coefficient (Wildman–Crippen LogP) is 5.36. The lowest BCUT2D eigenvalue weighted by molar-refractivity contribution is 0.101. The Morgan fingerprint density at radius 3 is 2.03 bits per heavy atom. The van der Waals surface area contributed by atoms with E-state index in [1.165, 1.54) is 14.2 Å². The fourth-order valence-electron chi connectivity index (χ4n) is 4.51. The number of hydrogen-bond acceptors (Lipinski definition) is 6. The smallest absolute Gasteiger partial charge is 0.259 e. The van der Waals surface area contributed by atoms with Gasteiger partial charge in [0, 0.05) is 36.2 Å². The number of rotatable bonds is 7. The molecule has 37 heavy (non-hydrogen) atoms. The second kappa shape index (κ2) is 10.6. The Kier molecular flexibility index (Phi) is 6.89. The number of carbonyl (C=O) groups excluding carboxylic acids is 2. The second-order valence-electron chi connectivity index (χ2n) is 8.77. The van der Waals surface area contributed by atoms with Crippen LogP contribution in [0.5, 0.6) is 11.5 Å². The van der Waals surface area contributed by atoms with Crippen LogP contribution >= 0.6 is 0 Å². The zero-order valence-electron chi connectivity index (χ0n) is 20.8. The van der Waals surface area contributed by atoms with E-state index in [9.17, 15) is 9.59 Å². The van der Waals surface area contributed by atoms with Crippen molar-refractivity contribution < 1.29 is 19.1 Å². The molecule has 0 atom stereocenters. The number of anilines is 3. The van der Waals surface area contributed by atoms with Crippen molar-refractivity contribution >= 4 is 39.9 Å². The monoisotopic (exact) mass is 496 g/mol. The highest BCUT2D eigenvalue weighted by atomic mass is 16.5. The number of carbonyl (C=O) groups is 2. The summed E-state index contributed by atoms with van der Waals surface area (Å²) >= 11 is 0. The van der Waals surface area contributed by atoms with Crippen LogP contribution in [0.4, 0.5) is 17.2 Å². The van der Waals surface area contributed by atoms with E-state index >= 15 is 0 Å². The van der Waals surface area contributed by atoms with Crippen molar-refractivity contribution in [2.75, 3.05) is 42.8 Å². The maximum absolute atomic E-state index is 13.6. The van der Waals surface area contributed by atoms with Crippen LogP contribution in [-0.4, -0.2) is 44.1 Å². The zero-order valence-corrected chi connectivity index (χ0v) is 20.8. The van der Waals surface area contributed by atoms with Crippen LogP contribution in [0.15, 0.2) is 72.8 Å². The number of nitrogens with zero attached hydrogens (tertiary/aromatic N) is 2. The molecular weight excluding hydrogens is 468 g/mol. The molecule has 0 aliphatic carbocycles. The number of amides is 2. The van der Waals surface area contributed by atoms with Gasteiger partial charge in [-0.2, -0.15) is 0 Å². The predicted molar refractivity (Wildman–Crippen MR) is 145 cm³/mol. The molecule has 3 aromatic carbocycles. The van der Waals surface area contributed by atoms with Crippen LogP contribution in [0.1, 0.15) is 33.6 Å². The second-order valence-corrected chi connectivity index (χ2v) is 8.77. The summed E-state index contributed by atoms with van der Waals surface area (Å²) in [4.78, 5) is 33.3. The van der Waals surface area contributed by atoms with Gasteiger partial charge in [-0.05, 0) is 37.1 Å². The summed E-state index contributed by atoms with van der Waals surface area (Å²) in [7, 11) is 3.01. The van der Waals surface area contributed by atoms with Gasteiger partial charge in [-0.25, -0.2) is 4.98 Å². The number of nitrogens with one attached hydrogen (secondary N) is 2. The standard InChI is InChI=1S/C29H28N4O4/c1-36-25-18-24(26(37-2)17-23(25)31-28(34)19-10-4-3-5-11-19)32-29(35)21-16-20-12-6-7-13-22(20)30-27(21)33-14-8-9-15-33/h3-7,10-13,16-18H,8-9,14-15H2,1-2H3,(H,31,34)(H,32,35). The SMILES string of the molecule is COc1cc(NC(=O)c2cc3ccccc3nc2N2CCCC2)c(OC)cc1NC(=O)c1ccccc1. The molecule has 0 bridgehead atoms. The van der Waals surface area contributed by atoms with Crippen LogP contribution in [0.25, 0.3) is 10.9 Å². The number of benzene rings is 3. The summed E-state index contributed by atoms with van der Waals surface area (Å²) in [6, 6.07) is 21.8.